The van der Waals surface area contributed by atoms with Gasteiger partial charge in [0.25, 0.3) is 5.91 Å². The van der Waals surface area contributed by atoms with Crippen LogP contribution >= 0.6 is 0 Å². The van der Waals surface area contributed by atoms with Crippen molar-refractivity contribution in [3.05, 3.63) is 30.2 Å². The van der Waals surface area contributed by atoms with E-state index in [1.165, 1.54) is 0 Å². The Labute approximate surface area is 167 Å². The average Bonchev–Trinajstić information content (AvgIpc) is 3.12. The standard InChI is InChI=1S/C20H30N4O3S/c1-15(2)28(26,27)24-11-7-16(8-12-24)5-3-4-9-22-20(25)19-13-17-14-21-10-6-18(17)23-19/h6,10,13-16,23H,3-5,7-9,11-12H2,1-2H3,(H,22,25). The first-order valence-corrected chi connectivity index (χ1v) is 11.6. The molecular formula is C20H30N4O3S. The number of H-pyrrole nitrogens is 1. The van der Waals surface area contributed by atoms with Gasteiger partial charge in [-0.15, -0.1) is 0 Å². The number of hydrogen-bond donors (Lipinski definition) is 2. The van der Waals surface area contributed by atoms with E-state index in [0.717, 1.165) is 43.0 Å². The quantitative estimate of drug-likeness (QED) is 0.659. The van der Waals surface area contributed by atoms with Gasteiger partial charge in [-0.1, -0.05) is 12.8 Å². The van der Waals surface area contributed by atoms with Gasteiger partial charge in [0.05, 0.1) is 5.25 Å². The van der Waals surface area contributed by atoms with Crippen molar-refractivity contribution in [2.75, 3.05) is 19.6 Å². The van der Waals surface area contributed by atoms with E-state index in [9.17, 15) is 13.2 Å². The molecule has 1 aliphatic rings. The maximum Gasteiger partial charge on any atom is 0.267 e. The number of carbonyl (C=O) groups excluding carboxylic acids is 1. The molecule has 3 rings (SSSR count). The van der Waals surface area contributed by atoms with E-state index in [1.807, 2.05) is 12.1 Å². The minimum absolute atomic E-state index is 0.0941. The third-order valence-electron chi connectivity index (χ3n) is 5.52. The lowest BCUT2D eigenvalue weighted by molar-refractivity contribution is 0.0948. The largest absolute Gasteiger partial charge is 0.351 e. The second-order valence-electron chi connectivity index (χ2n) is 7.83. The summed E-state index contributed by atoms with van der Waals surface area (Å²) in [5.41, 5.74) is 1.47. The molecule has 1 aliphatic heterocycles. The number of rotatable bonds is 8. The van der Waals surface area contributed by atoms with Crippen molar-refractivity contribution in [3.8, 4) is 0 Å². The number of fused-ring (bicyclic) bond motifs is 1. The molecule has 1 amide bonds. The van der Waals surface area contributed by atoms with E-state index in [0.29, 0.717) is 31.2 Å². The highest BCUT2D eigenvalue weighted by molar-refractivity contribution is 7.89. The molecule has 7 nitrogen and oxygen atoms in total. The number of unbranched alkanes of at least 4 members (excludes halogenated alkanes) is 1. The van der Waals surface area contributed by atoms with E-state index in [4.69, 9.17) is 0 Å². The first-order valence-electron chi connectivity index (χ1n) is 10.1. The Kier molecular flexibility index (Phi) is 6.72. The molecule has 0 bridgehead atoms. The summed E-state index contributed by atoms with van der Waals surface area (Å²) in [6, 6.07) is 3.67. The van der Waals surface area contributed by atoms with E-state index in [-0.39, 0.29) is 11.2 Å². The van der Waals surface area contributed by atoms with Crippen LogP contribution in [0.2, 0.25) is 0 Å². The summed E-state index contributed by atoms with van der Waals surface area (Å²) < 4.78 is 26.1. The van der Waals surface area contributed by atoms with Gasteiger partial charge in [0, 0.05) is 42.9 Å². The minimum atomic E-state index is -3.12. The van der Waals surface area contributed by atoms with Gasteiger partial charge in [-0.3, -0.25) is 9.78 Å². The highest BCUT2D eigenvalue weighted by Crippen LogP contribution is 2.25. The van der Waals surface area contributed by atoms with Crippen molar-refractivity contribution in [2.24, 2.45) is 5.92 Å². The zero-order chi connectivity index (χ0) is 20.1. The van der Waals surface area contributed by atoms with Crippen LogP contribution < -0.4 is 5.32 Å². The summed E-state index contributed by atoms with van der Waals surface area (Å²) in [4.78, 5) is 19.4. The van der Waals surface area contributed by atoms with Gasteiger partial charge in [0.15, 0.2) is 0 Å². The molecule has 0 aliphatic carbocycles. The van der Waals surface area contributed by atoms with Crippen molar-refractivity contribution in [1.29, 1.82) is 0 Å². The van der Waals surface area contributed by atoms with Crippen molar-refractivity contribution >= 4 is 26.8 Å². The summed E-state index contributed by atoms with van der Waals surface area (Å²) in [5.74, 6) is 0.485. The van der Waals surface area contributed by atoms with Crippen LogP contribution in [0.4, 0.5) is 0 Å². The maximum absolute atomic E-state index is 12.2. The first-order chi connectivity index (χ1) is 13.4. The predicted molar refractivity (Wildman–Crippen MR) is 111 cm³/mol. The molecular weight excluding hydrogens is 376 g/mol. The Morgan fingerprint density at radius 2 is 2.07 bits per heavy atom. The predicted octanol–water partition coefficient (Wildman–Crippen LogP) is 2.91. The topological polar surface area (TPSA) is 95.2 Å². The molecule has 0 radical (unpaired) electrons. The smallest absolute Gasteiger partial charge is 0.267 e. The Morgan fingerprint density at radius 1 is 1.32 bits per heavy atom. The molecule has 2 N–H and O–H groups in total. The third-order valence-corrected chi connectivity index (χ3v) is 7.80. The summed E-state index contributed by atoms with van der Waals surface area (Å²) in [6.07, 6.45) is 8.35. The number of sulfonamides is 1. The lowest BCUT2D eigenvalue weighted by Crippen LogP contribution is -2.41. The van der Waals surface area contributed by atoms with Crippen LogP contribution in [-0.4, -0.2) is 53.5 Å². The number of pyridine rings is 1. The maximum atomic E-state index is 12.2. The van der Waals surface area contributed by atoms with Crippen LogP contribution in [-0.2, 0) is 10.0 Å². The van der Waals surface area contributed by atoms with Crippen LogP contribution in [0.25, 0.3) is 10.9 Å². The molecule has 0 spiro atoms. The van der Waals surface area contributed by atoms with Crippen LogP contribution in [0.3, 0.4) is 0 Å². The number of nitrogens with one attached hydrogen (secondary N) is 2. The first kappa shape index (κ1) is 20.8. The summed E-state index contributed by atoms with van der Waals surface area (Å²) >= 11 is 0. The molecule has 1 saturated heterocycles. The lowest BCUT2D eigenvalue weighted by Gasteiger charge is -2.32. The number of amides is 1. The third kappa shape index (κ3) is 4.91. The van der Waals surface area contributed by atoms with Gasteiger partial charge in [0.2, 0.25) is 10.0 Å². The Morgan fingerprint density at radius 3 is 2.75 bits per heavy atom. The molecule has 28 heavy (non-hydrogen) atoms. The summed E-state index contributed by atoms with van der Waals surface area (Å²) in [5, 5.41) is 3.54. The molecule has 0 atom stereocenters. The number of hydrogen-bond acceptors (Lipinski definition) is 4. The molecule has 2 aromatic heterocycles. The average molecular weight is 407 g/mol. The fourth-order valence-electron chi connectivity index (χ4n) is 3.70. The van der Waals surface area contributed by atoms with Gasteiger partial charge in [-0.05, 0) is 51.2 Å². The van der Waals surface area contributed by atoms with Crippen LogP contribution in [0, 0.1) is 5.92 Å². The highest BCUT2D eigenvalue weighted by Gasteiger charge is 2.29. The fraction of sp³-hybridized carbons (Fsp3) is 0.600. The number of aromatic nitrogens is 2. The second kappa shape index (κ2) is 9.05. The van der Waals surface area contributed by atoms with Gasteiger partial charge < -0.3 is 10.3 Å². The van der Waals surface area contributed by atoms with Gasteiger partial charge in [0.1, 0.15) is 5.69 Å². The Balaban J connectivity index is 1.34. The molecule has 0 unspecified atom stereocenters. The van der Waals surface area contributed by atoms with Crippen LogP contribution in [0.5, 0.6) is 0 Å². The minimum Gasteiger partial charge on any atom is -0.351 e. The SMILES string of the molecule is CC(C)S(=O)(=O)N1CCC(CCCCNC(=O)c2cc3cnccc3[nH]2)CC1. The molecule has 8 heteroatoms. The Hall–Kier alpha value is -1.93. The zero-order valence-electron chi connectivity index (χ0n) is 16.6. The van der Waals surface area contributed by atoms with Crippen molar-refractivity contribution in [3.63, 3.8) is 0 Å². The second-order valence-corrected chi connectivity index (χ2v) is 10.3. The van der Waals surface area contributed by atoms with E-state index in [1.54, 1.807) is 30.5 Å². The van der Waals surface area contributed by atoms with Crippen LogP contribution in [0.1, 0.15) is 56.4 Å². The Bertz CT molecular complexity index is 866. The van der Waals surface area contributed by atoms with E-state index < -0.39 is 10.0 Å². The van der Waals surface area contributed by atoms with E-state index in [2.05, 4.69) is 15.3 Å². The number of nitrogens with zero attached hydrogens (tertiary/aromatic N) is 2. The van der Waals surface area contributed by atoms with Gasteiger partial charge in [-0.2, -0.15) is 0 Å². The number of piperidine rings is 1. The molecule has 0 aromatic carbocycles. The fourth-order valence-corrected chi connectivity index (χ4v) is 5.02. The van der Waals surface area contributed by atoms with Gasteiger partial charge >= 0.3 is 0 Å². The zero-order valence-corrected chi connectivity index (χ0v) is 17.5. The highest BCUT2D eigenvalue weighted by atomic mass is 32.2. The molecule has 2 aromatic rings. The normalized spacial score (nSPS) is 16.7. The number of carbonyl (C=O) groups is 1. The van der Waals surface area contributed by atoms with Crippen LogP contribution in [0.15, 0.2) is 24.5 Å². The molecule has 0 saturated carbocycles. The van der Waals surface area contributed by atoms with Crippen molar-refractivity contribution in [1.82, 2.24) is 19.6 Å². The molecule has 3 heterocycles. The monoisotopic (exact) mass is 406 g/mol. The van der Waals surface area contributed by atoms with Gasteiger partial charge in [-0.25, -0.2) is 12.7 Å². The van der Waals surface area contributed by atoms with Crippen molar-refractivity contribution < 1.29 is 13.2 Å². The number of aromatic amines is 1. The lowest BCUT2D eigenvalue weighted by atomic mass is 9.92. The summed E-state index contributed by atoms with van der Waals surface area (Å²) in [6.45, 7) is 5.40. The van der Waals surface area contributed by atoms with Crippen molar-refractivity contribution in [2.45, 2.75) is 51.2 Å². The summed E-state index contributed by atoms with van der Waals surface area (Å²) in [7, 11) is -3.12. The molecule has 154 valence electrons. The molecule has 1 fully saturated rings. The van der Waals surface area contributed by atoms with E-state index >= 15 is 0 Å².